The van der Waals surface area contributed by atoms with Crippen molar-refractivity contribution < 1.29 is 4.79 Å². The number of carbonyl (C=O) groups excluding carboxylic acids is 1. The molecule has 2 aromatic heterocycles. The van der Waals surface area contributed by atoms with Crippen LogP contribution < -0.4 is 10.6 Å². The van der Waals surface area contributed by atoms with Crippen LogP contribution in [-0.4, -0.2) is 20.9 Å². The Hall–Kier alpha value is -2.89. The third kappa shape index (κ3) is 2.21. The summed E-state index contributed by atoms with van der Waals surface area (Å²) in [5, 5.41) is 7.68. The van der Waals surface area contributed by atoms with Gasteiger partial charge < -0.3 is 15.6 Å². The van der Waals surface area contributed by atoms with E-state index in [9.17, 15) is 4.79 Å². The van der Waals surface area contributed by atoms with Crippen molar-refractivity contribution in [1.82, 2.24) is 20.3 Å². The normalized spacial score (nSPS) is 18.1. The number of rotatable bonds is 2. The summed E-state index contributed by atoms with van der Waals surface area (Å²) in [5.74, 6) is 0.839. The average molecular weight is 347 g/mol. The van der Waals surface area contributed by atoms with Crippen molar-refractivity contribution in [3.8, 4) is 0 Å². The second-order valence-electron chi connectivity index (χ2n) is 7.40. The number of benzene rings is 1. The van der Waals surface area contributed by atoms with E-state index in [2.05, 4.69) is 31.7 Å². The molecule has 5 rings (SSSR count). The van der Waals surface area contributed by atoms with Crippen molar-refractivity contribution in [1.29, 1.82) is 0 Å². The van der Waals surface area contributed by atoms with Gasteiger partial charge in [0.05, 0.1) is 10.9 Å². The number of anilines is 2. The van der Waals surface area contributed by atoms with Gasteiger partial charge in [0.25, 0.3) is 5.91 Å². The number of nitrogens with one attached hydrogen (secondary N) is 3. The number of aromatic nitrogens is 3. The molecule has 0 bridgehead atoms. The Balaban J connectivity index is 1.60. The molecule has 3 aromatic rings. The van der Waals surface area contributed by atoms with E-state index in [4.69, 9.17) is 0 Å². The van der Waals surface area contributed by atoms with Crippen LogP contribution in [0, 0.1) is 6.92 Å². The molecule has 1 spiro atoms. The number of aromatic amines is 1. The van der Waals surface area contributed by atoms with E-state index in [0.717, 1.165) is 64.9 Å². The molecular weight excluding hydrogens is 326 g/mol. The minimum absolute atomic E-state index is 0.0704. The SMILES string of the molecule is Cc1cc(Nc2ncnc3[nH]ccc23)cc2c1C(=O)NC21CCCCC1. The van der Waals surface area contributed by atoms with Gasteiger partial charge in [-0.3, -0.25) is 4.79 Å². The summed E-state index contributed by atoms with van der Waals surface area (Å²) in [5.41, 5.74) is 4.58. The van der Waals surface area contributed by atoms with Crippen molar-refractivity contribution in [3.63, 3.8) is 0 Å². The van der Waals surface area contributed by atoms with E-state index in [1.165, 1.54) is 6.42 Å². The van der Waals surface area contributed by atoms with E-state index >= 15 is 0 Å². The molecule has 1 saturated carbocycles. The molecule has 1 aromatic carbocycles. The lowest BCUT2D eigenvalue weighted by Gasteiger charge is -2.34. The van der Waals surface area contributed by atoms with E-state index in [1.54, 1.807) is 6.33 Å². The molecule has 6 nitrogen and oxygen atoms in total. The second-order valence-corrected chi connectivity index (χ2v) is 7.40. The quantitative estimate of drug-likeness (QED) is 0.656. The summed E-state index contributed by atoms with van der Waals surface area (Å²) in [6.45, 7) is 2.01. The van der Waals surface area contributed by atoms with E-state index in [1.807, 2.05) is 25.3 Å². The van der Waals surface area contributed by atoms with Gasteiger partial charge in [0.1, 0.15) is 17.8 Å². The number of nitrogens with zero attached hydrogens (tertiary/aromatic N) is 2. The lowest BCUT2D eigenvalue weighted by molar-refractivity contribution is 0.0909. The molecule has 6 heteroatoms. The highest BCUT2D eigenvalue weighted by Crippen LogP contribution is 2.44. The first-order valence-electron chi connectivity index (χ1n) is 9.19. The first-order valence-corrected chi connectivity index (χ1v) is 9.19. The van der Waals surface area contributed by atoms with Crippen LogP contribution in [0.4, 0.5) is 11.5 Å². The third-order valence-electron chi connectivity index (χ3n) is 5.75. The largest absolute Gasteiger partial charge is 0.346 e. The third-order valence-corrected chi connectivity index (χ3v) is 5.75. The Morgan fingerprint density at radius 2 is 2.00 bits per heavy atom. The molecule has 1 aliphatic heterocycles. The van der Waals surface area contributed by atoms with Crippen LogP contribution in [0.1, 0.15) is 53.6 Å². The fraction of sp³-hybridized carbons (Fsp3) is 0.350. The minimum atomic E-state index is -0.192. The molecule has 3 heterocycles. The van der Waals surface area contributed by atoms with Crippen molar-refractivity contribution in [3.05, 3.63) is 47.4 Å². The molecule has 3 N–H and O–H groups in total. The fourth-order valence-electron chi connectivity index (χ4n) is 4.54. The number of amides is 1. The molecule has 1 aliphatic carbocycles. The molecule has 132 valence electrons. The predicted octanol–water partition coefficient (Wildman–Crippen LogP) is 3.91. The molecule has 2 aliphatic rings. The number of fused-ring (bicyclic) bond motifs is 3. The highest BCUT2D eigenvalue weighted by atomic mass is 16.2. The van der Waals surface area contributed by atoms with Crippen molar-refractivity contribution in [2.75, 3.05) is 5.32 Å². The molecule has 26 heavy (non-hydrogen) atoms. The zero-order valence-electron chi connectivity index (χ0n) is 14.7. The van der Waals surface area contributed by atoms with Crippen molar-refractivity contribution in [2.24, 2.45) is 0 Å². The van der Waals surface area contributed by atoms with Gasteiger partial charge in [-0.15, -0.1) is 0 Å². The number of hydrogen-bond acceptors (Lipinski definition) is 4. The Morgan fingerprint density at radius 3 is 2.85 bits per heavy atom. The topological polar surface area (TPSA) is 82.7 Å². The maximum Gasteiger partial charge on any atom is 0.252 e. The summed E-state index contributed by atoms with van der Waals surface area (Å²) in [4.78, 5) is 24.3. The first kappa shape index (κ1) is 15.4. The fourth-order valence-corrected chi connectivity index (χ4v) is 4.54. The zero-order chi connectivity index (χ0) is 17.7. The smallest absolute Gasteiger partial charge is 0.252 e. The number of hydrogen-bond donors (Lipinski definition) is 3. The number of carbonyl (C=O) groups is 1. The summed E-state index contributed by atoms with van der Waals surface area (Å²) in [7, 11) is 0. The maximum atomic E-state index is 12.6. The average Bonchev–Trinajstić information content (AvgIpc) is 3.20. The first-order chi connectivity index (χ1) is 12.7. The van der Waals surface area contributed by atoms with E-state index < -0.39 is 0 Å². The van der Waals surface area contributed by atoms with Crippen LogP contribution in [-0.2, 0) is 5.54 Å². The summed E-state index contributed by atoms with van der Waals surface area (Å²) in [6.07, 6.45) is 9.01. The van der Waals surface area contributed by atoms with E-state index in [-0.39, 0.29) is 11.4 Å². The monoisotopic (exact) mass is 347 g/mol. The van der Waals surface area contributed by atoms with Crippen LogP contribution in [0.25, 0.3) is 11.0 Å². The Bertz CT molecular complexity index is 1020. The Kier molecular flexibility index (Phi) is 3.29. The molecule has 0 unspecified atom stereocenters. The van der Waals surface area contributed by atoms with Gasteiger partial charge >= 0.3 is 0 Å². The Labute approximate surface area is 151 Å². The highest BCUT2D eigenvalue weighted by Gasteiger charge is 2.44. The van der Waals surface area contributed by atoms with Gasteiger partial charge in [-0.2, -0.15) is 0 Å². The molecule has 1 fully saturated rings. The van der Waals surface area contributed by atoms with Crippen molar-refractivity contribution >= 4 is 28.4 Å². The second kappa shape index (κ2) is 5.56. The molecular formula is C20H21N5O. The zero-order valence-corrected chi connectivity index (χ0v) is 14.7. The van der Waals surface area contributed by atoms with Crippen LogP contribution >= 0.6 is 0 Å². The van der Waals surface area contributed by atoms with Crippen molar-refractivity contribution in [2.45, 2.75) is 44.6 Å². The van der Waals surface area contributed by atoms with Crippen LogP contribution in [0.3, 0.4) is 0 Å². The summed E-state index contributed by atoms with van der Waals surface area (Å²) < 4.78 is 0. The van der Waals surface area contributed by atoms with Crippen LogP contribution in [0.2, 0.25) is 0 Å². The van der Waals surface area contributed by atoms with Gasteiger partial charge in [0.15, 0.2) is 0 Å². The molecule has 0 saturated heterocycles. The lowest BCUT2D eigenvalue weighted by Crippen LogP contribution is -2.40. The highest BCUT2D eigenvalue weighted by molar-refractivity contribution is 6.02. The van der Waals surface area contributed by atoms with Gasteiger partial charge in [-0.05, 0) is 49.1 Å². The van der Waals surface area contributed by atoms with E-state index in [0.29, 0.717) is 0 Å². The van der Waals surface area contributed by atoms with Crippen LogP contribution in [0.5, 0.6) is 0 Å². The van der Waals surface area contributed by atoms with Gasteiger partial charge in [0.2, 0.25) is 0 Å². The van der Waals surface area contributed by atoms with Gasteiger partial charge in [-0.25, -0.2) is 9.97 Å². The van der Waals surface area contributed by atoms with Crippen LogP contribution in [0.15, 0.2) is 30.7 Å². The van der Waals surface area contributed by atoms with Gasteiger partial charge in [-0.1, -0.05) is 19.3 Å². The Morgan fingerprint density at radius 1 is 1.15 bits per heavy atom. The standard InChI is InChI=1S/C20H21N5O/c1-12-9-13(24-18-14-5-8-21-17(14)22-11-23-18)10-15-16(12)19(26)25-20(15)6-3-2-4-7-20/h5,8-11H,2-4,6-7H2,1H3,(H,25,26)(H2,21,22,23,24). The predicted molar refractivity (Wildman–Crippen MR) is 101 cm³/mol. The molecule has 0 atom stereocenters. The lowest BCUT2D eigenvalue weighted by atomic mass is 9.77. The molecule has 1 amide bonds. The number of H-pyrrole nitrogens is 1. The summed E-state index contributed by atoms with van der Waals surface area (Å²) in [6, 6.07) is 6.12. The maximum absolute atomic E-state index is 12.6. The van der Waals surface area contributed by atoms with Gasteiger partial charge in [0, 0.05) is 17.4 Å². The minimum Gasteiger partial charge on any atom is -0.346 e. The summed E-state index contributed by atoms with van der Waals surface area (Å²) >= 11 is 0. The number of aryl methyl sites for hydroxylation is 1. The molecule has 0 radical (unpaired) electrons.